The molecule has 0 saturated heterocycles. The van der Waals surface area contributed by atoms with Crippen LogP contribution in [0.3, 0.4) is 0 Å². The predicted molar refractivity (Wildman–Crippen MR) is 99.7 cm³/mol. The molecule has 1 amide bonds. The van der Waals surface area contributed by atoms with Crippen LogP contribution in [-0.4, -0.2) is 16.6 Å². The second-order valence-corrected chi connectivity index (χ2v) is 6.14. The molecule has 4 heteroatoms. The highest BCUT2D eigenvalue weighted by Gasteiger charge is 2.16. The molecule has 0 saturated carbocycles. The van der Waals surface area contributed by atoms with E-state index in [2.05, 4.69) is 35.4 Å². The number of aromatic nitrogens is 1. The van der Waals surface area contributed by atoms with Gasteiger partial charge in [-0.05, 0) is 53.9 Å². The molecule has 0 radical (unpaired) electrons. The average molecular weight is 327 g/mol. The number of fused-ring (bicyclic) bond motifs is 1. The number of carbonyl (C=O) groups excluding carboxylic acids is 1. The molecule has 25 heavy (non-hydrogen) atoms. The maximum absolute atomic E-state index is 12.2. The van der Waals surface area contributed by atoms with E-state index in [1.54, 1.807) is 24.5 Å². The normalized spacial score (nSPS) is 12.4. The Morgan fingerprint density at radius 3 is 2.68 bits per heavy atom. The Balaban J connectivity index is 1.50. The van der Waals surface area contributed by atoms with Gasteiger partial charge in [-0.2, -0.15) is 0 Å². The standard InChI is InChI=1S/C21H17N3O/c1-14-4-5-16-12-20(24-19(16)11-14)15-6-8-18(9-7-15)23-21(25)17-3-2-10-22-13-17/h2-11,13H,12H2,1H3,(H,23,25). The van der Waals surface area contributed by atoms with Gasteiger partial charge in [0.05, 0.1) is 17.0 Å². The number of nitrogens with zero attached hydrogens (tertiary/aromatic N) is 2. The second kappa shape index (κ2) is 6.32. The minimum atomic E-state index is -0.165. The SMILES string of the molecule is Cc1ccc2c(c1)N=C(c1ccc(NC(=O)c3cccnc3)cc1)C2. The minimum absolute atomic E-state index is 0.165. The zero-order chi connectivity index (χ0) is 17.2. The molecule has 0 bridgehead atoms. The fourth-order valence-corrected chi connectivity index (χ4v) is 2.91. The molecule has 3 aromatic rings. The Labute approximate surface area is 146 Å². The van der Waals surface area contributed by atoms with Gasteiger partial charge in [-0.15, -0.1) is 0 Å². The predicted octanol–water partition coefficient (Wildman–Crippen LogP) is 4.32. The summed E-state index contributed by atoms with van der Waals surface area (Å²) in [6, 6.07) is 17.7. The number of amides is 1. The van der Waals surface area contributed by atoms with E-state index in [1.807, 2.05) is 24.3 Å². The number of carbonyl (C=O) groups is 1. The lowest BCUT2D eigenvalue weighted by molar-refractivity contribution is 0.102. The summed E-state index contributed by atoms with van der Waals surface area (Å²) in [5.74, 6) is -0.165. The molecule has 1 aromatic heterocycles. The molecule has 1 aliphatic heterocycles. The number of hydrogen-bond donors (Lipinski definition) is 1. The number of rotatable bonds is 3. The number of pyridine rings is 1. The van der Waals surface area contributed by atoms with Gasteiger partial charge in [-0.3, -0.25) is 14.8 Å². The Morgan fingerprint density at radius 1 is 1.08 bits per heavy atom. The number of nitrogens with one attached hydrogen (secondary N) is 1. The Morgan fingerprint density at radius 2 is 1.92 bits per heavy atom. The van der Waals surface area contributed by atoms with E-state index >= 15 is 0 Å². The van der Waals surface area contributed by atoms with Crippen LogP contribution in [0.4, 0.5) is 11.4 Å². The van der Waals surface area contributed by atoms with Crippen LogP contribution in [0.1, 0.15) is 27.0 Å². The molecule has 0 spiro atoms. The number of benzene rings is 2. The molecular weight excluding hydrogens is 310 g/mol. The summed E-state index contributed by atoms with van der Waals surface area (Å²) in [5.41, 5.74) is 6.97. The van der Waals surface area contributed by atoms with Crippen LogP contribution in [0.15, 0.2) is 72.0 Å². The third-order valence-corrected chi connectivity index (χ3v) is 4.25. The fraction of sp³-hybridized carbons (Fsp3) is 0.0952. The van der Waals surface area contributed by atoms with E-state index in [0.717, 1.165) is 29.1 Å². The van der Waals surface area contributed by atoms with Crippen molar-refractivity contribution < 1.29 is 4.79 Å². The largest absolute Gasteiger partial charge is 0.322 e. The van der Waals surface area contributed by atoms with E-state index < -0.39 is 0 Å². The summed E-state index contributed by atoms with van der Waals surface area (Å²) in [5, 5.41) is 2.88. The topological polar surface area (TPSA) is 54.4 Å². The summed E-state index contributed by atoms with van der Waals surface area (Å²) in [4.78, 5) is 20.9. The Kier molecular flexibility index (Phi) is 3.86. The van der Waals surface area contributed by atoms with Crippen LogP contribution < -0.4 is 5.32 Å². The molecule has 1 N–H and O–H groups in total. The number of aliphatic imine (C=N–C) groups is 1. The lowest BCUT2D eigenvalue weighted by atomic mass is 10.0. The van der Waals surface area contributed by atoms with Crippen LogP contribution in [-0.2, 0) is 6.42 Å². The van der Waals surface area contributed by atoms with Crippen molar-refractivity contribution in [3.63, 3.8) is 0 Å². The highest BCUT2D eigenvalue weighted by Crippen LogP contribution is 2.30. The van der Waals surface area contributed by atoms with Crippen molar-refractivity contribution in [3.8, 4) is 0 Å². The molecule has 0 atom stereocenters. The number of anilines is 1. The molecule has 2 aromatic carbocycles. The number of aryl methyl sites for hydroxylation is 1. The second-order valence-electron chi connectivity index (χ2n) is 6.14. The van der Waals surface area contributed by atoms with E-state index in [1.165, 1.54) is 11.1 Å². The smallest absolute Gasteiger partial charge is 0.257 e. The maximum atomic E-state index is 12.2. The minimum Gasteiger partial charge on any atom is -0.322 e. The van der Waals surface area contributed by atoms with Crippen LogP contribution >= 0.6 is 0 Å². The molecule has 2 heterocycles. The fourth-order valence-electron chi connectivity index (χ4n) is 2.91. The van der Waals surface area contributed by atoms with Crippen molar-refractivity contribution >= 4 is 23.0 Å². The van der Waals surface area contributed by atoms with Crippen molar-refractivity contribution in [3.05, 3.63) is 89.2 Å². The maximum Gasteiger partial charge on any atom is 0.257 e. The first-order valence-electron chi connectivity index (χ1n) is 8.18. The van der Waals surface area contributed by atoms with Gasteiger partial charge in [0.1, 0.15) is 0 Å². The zero-order valence-corrected chi connectivity index (χ0v) is 13.9. The van der Waals surface area contributed by atoms with Crippen molar-refractivity contribution in [2.24, 2.45) is 4.99 Å². The van der Waals surface area contributed by atoms with Gasteiger partial charge in [-0.25, -0.2) is 0 Å². The van der Waals surface area contributed by atoms with E-state index in [-0.39, 0.29) is 5.91 Å². The summed E-state index contributed by atoms with van der Waals surface area (Å²) in [6.45, 7) is 2.08. The first-order valence-corrected chi connectivity index (χ1v) is 8.18. The highest BCUT2D eigenvalue weighted by atomic mass is 16.1. The summed E-state index contributed by atoms with van der Waals surface area (Å²) >= 11 is 0. The lowest BCUT2D eigenvalue weighted by Crippen LogP contribution is -2.12. The van der Waals surface area contributed by atoms with Gasteiger partial charge in [0.25, 0.3) is 5.91 Å². The van der Waals surface area contributed by atoms with E-state index in [4.69, 9.17) is 4.99 Å². The highest BCUT2D eigenvalue weighted by molar-refractivity contribution is 6.07. The monoisotopic (exact) mass is 327 g/mol. The van der Waals surface area contributed by atoms with Gasteiger partial charge in [0, 0.05) is 24.5 Å². The summed E-state index contributed by atoms with van der Waals surface area (Å²) in [6.07, 6.45) is 4.04. The van der Waals surface area contributed by atoms with Gasteiger partial charge >= 0.3 is 0 Å². The van der Waals surface area contributed by atoms with Gasteiger partial charge in [-0.1, -0.05) is 24.3 Å². The lowest BCUT2D eigenvalue weighted by Gasteiger charge is -2.06. The Bertz CT molecular complexity index is 960. The molecule has 4 rings (SSSR count). The summed E-state index contributed by atoms with van der Waals surface area (Å²) < 4.78 is 0. The van der Waals surface area contributed by atoms with Gasteiger partial charge in [0.15, 0.2) is 0 Å². The van der Waals surface area contributed by atoms with Crippen molar-refractivity contribution in [2.45, 2.75) is 13.3 Å². The average Bonchev–Trinajstić information content (AvgIpc) is 3.06. The van der Waals surface area contributed by atoms with Crippen LogP contribution in [0.5, 0.6) is 0 Å². The molecule has 0 unspecified atom stereocenters. The quantitative estimate of drug-likeness (QED) is 0.779. The first-order chi connectivity index (χ1) is 12.2. The Hall–Kier alpha value is -3.27. The molecule has 1 aliphatic rings. The van der Waals surface area contributed by atoms with Gasteiger partial charge < -0.3 is 5.32 Å². The van der Waals surface area contributed by atoms with Crippen LogP contribution in [0.25, 0.3) is 0 Å². The first kappa shape index (κ1) is 15.3. The molecule has 0 fully saturated rings. The zero-order valence-electron chi connectivity index (χ0n) is 13.9. The molecule has 4 nitrogen and oxygen atoms in total. The van der Waals surface area contributed by atoms with Crippen molar-refractivity contribution in [2.75, 3.05) is 5.32 Å². The third-order valence-electron chi connectivity index (χ3n) is 4.25. The number of hydrogen-bond acceptors (Lipinski definition) is 3. The summed E-state index contributed by atoms with van der Waals surface area (Å²) in [7, 11) is 0. The van der Waals surface area contributed by atoms with Crippen LogP contribution in [0, 0.1) is 6.92 Å². The van der Waals surface area contributed by atoms with Crippen LogP contribution in [0.2, 0.25) is 0 Å². The van der Waals surface area contributed by atoms with Crippen molar-refractivity contribution in [1.82, 2.24) is 4.98 Å². The molecule has 122 valence electrons. The van der Waals surface area contributed by atoms with E-state index in [9.17, 15) is 4.79 Å². The van der Waals surface area contributed by atoms with Gasteiger partial charge in [0.2, 0.25) is 0 Å². The molecule has 0 aliphatic carbocycles. The third kappa shape index (κ3) is 3.19. The molecular formula is C21H17N3O. The van der Waals surface area contributed by atoms with E-state index in [0.29, 0.717) is 5.56 Å². The van der Waals surface area contributed by atoms with Crippen molar-refractivity contribution in [1.29, 1.82) is 0 Å².